The van der Waals surface area contributed by atoms with Crippen LogP contribution in [0, 0.1) is 23.7 Å². The van der Waals surface area contributed by atoms with Gasteiger partial charge < -0.3 is 5.11 Å². The van der Waals surface area contributed by atoms with Crippen LogP contribution in [-0.2, 0) is 4.79 Å². The van der Waals surface area contributed by atoms with E-state index in [0.717, 1.165) is 30.6 Å². The maximum Gasteiger partial charge on any atom is 0.306 e. The molecule has 0 radical (unpaired) electrons. The molecule has 21 heavy (non-hydrogen) atoms. The number of aliphatic carboxylic acids is 1. The first kappa shape index (κ1) is 16.8. The van der Waals surface area contributed by atoms with Crippen molar-refractivity contribution in [1.82, 2.24) is 0 Å². The Morgan fingerprint density at radius 1 is 0.905 bits per heavy atom. The molecule has 2 aliphatic carbocycles. The van der Waals surface area contributed by atoms with Gasteiger partial charge in [-0.3, -0.25) is 4.79 Å². The van der Waals surface area contributed by atoms with E-state index in [1.165, 1.54) is 70.6 Å². The predicted molar refractivity (Wildman–Crippen MR) is 87.3 cm³/mol. The third kappa shape index (κ3) is 5.30. The lowest BCUT2D eigenvalue weighted by molar-refractivity contribution is -0.144. The zero-order valence-corrected chi connectivity index (χ0v) is 13.9. The topological polar surface area (TPSA) is 37.3 Å². The number of fused-ring (bicyclic) bond motifs is 1. The van der Waals surface area contributed by atoms with Crippen LogP contribution in [0.2, 0.25) is 0 Å². The number of unbranched alkanes of at least 4 members (excludes halogenated alkanes) is 5. The minimum atomic E-state index is -0.553. The molecule has 2 aliphatic rings. The van der Waals surface area contributed by atoms with Crippen LogP contribution in [-0.4, -0.2) is 11.1 Å². The van der Waals surface area contributed by atoms with Crippen molar-refractivity contribution in [3.63, 3.8) is 0 Å². The first-order valence-corrected chi connectivity index (χ1v) is 9.43. The Balaban J connectivity index is 1.61. The molecule has 4 unspecified atom stereocenters. The molecular weight excluding hydrogens is 260 g/mol. The van der Waals surface area contributed by atoms with Gasteiger partial charge >= 0.3 is 5.97 Å². The zero-order chi connectivity index (χ0) is 15.1. The molecule has 2 heteroatoms. The molecular formula is C19H34O2. The van der Waals surface area contributed by atoms with E-state index in [-0.39, 0.29) is 5.92 Å². The van der Waals surface area contributed by atoms with Crippen molar-refractivity contribution in [2.75, 3.05) is 0 Å². The van der Waals surface area contributed by atoms with Gasteiger partial charge in [-0.2, -0.15) is 0 Å². The highest BCUT2D eigenvalue weighted by Crippen LogP contribution is 2.45. The molecule has 2 nitrogen and oxygen atoms in total. The van der Waals surface area contributed by atoms with E-state index in [2.05, 4.69) is 6.92 Å². The Hall–Kier alpha value is -0.530. The molecule has 4 atom stereocenters. The van der Waals surface area contributed by atoms with Gasteiger partial charge in [-0.15, -0.1) is 0 Å². The van der Waals surface area contributed by atoms with E-state index in [0.29, 0.717) is 0 Å². The van der Waals surface area contributed by atoms with Crippen molar-refractivity contribution >= 4 is 5.97 Å². The fourth-order valence-electron chi connectivity index (χ4n) is 4.69. The first-order chi connectivity index (χ1) is 10.2. The van der Waals surface area contributed by atoms with Gasteiger partial charge in [0.1, 0.15) is 0 Å². The number of carboxylic acid groups (broad SMARTS) is 1. The van der Waals surface area contributed by atoms with E-state index in [9.17, 15) is 9.90 Å². The molecule has 0 spiro atoms. The van der Waals surface area contributed by atoms with Gasteiger partial charge in [0.15, 0.2) is 0 Å². The average molecular weight is 294 g/mol. The van der Waals surface area contributed by atoms with Crippen molar-refractivity contribution < 1.29 is 9.90 Å². The van der Waals surface area contributed by atoms with Crippen LogP contribution in [0.1, 0.15) is 90.4 Å². The highest BCUT2D eigenvalue weighted by molar-refractivity contribution is 5.70. The van der Waals surface area contributed by atoms with Crippen molar-refractivity contribution in [2.45, 2.75) is 90.4 Å². The fourth-order valence-corrected chi connectivity index (χ4v) is 4.69. The summed E-state index contributed by atoms with van der Waals surface area (Å²) in [4.78, 5) is 11.1. The summed E-state index contributed by atoms with van der Waals surface area (Å²) >= 11 is 0. The third-order valence-electron chi connectivity index (χ3n) is 6.04. The second-order valence-corrected chi connectivity index (χ2v) is 7.60. The summed E-state index contributed by atoms with van der Waals surface area (Å²) in [5, 5.41) is 9.19. The van der Waals surface area contributed by atoms with Gasteiger partial charge in [-0.25, -0.2) is 0 Å². The van der Waals surface area contributed by atoms with Crippen LogP contribution in [0.5, 0.6) is 0 Å². The van der Waals surface area contributed by atoms with Crippen LogP contribution in [0.4, 0.5) is 0 Å². The highest BCUT2D eigenvalue weighted by atomic mass is 16.4. The predicted octanol–water partition coefficient (Wildman–Crippen LogP) is 5.65. The smallest absolute Gasteiger partial charge is 0.306 e. The molecule has 2 rings (SSSR count). The van der Waals surface area contributed by atoms with Crippen LogP contribution in [0.3, 0.4) is 0 Å². The Kier molecular flexibility index (Phi) is 7.06. The van der Waals surface area contributed by atoms with Crippen molar-refractivity contribution in [3.8, 4) is 0 Å². The second kappa shape index (κ2) is 8.80. The summed E-state index contributed by atoms with van der Waals surface area (Å²) in [7, 11) is 0. The molecule has 0 amide bonds. The molecule has 0 saturated heterocycles. The lowest BCUT2D eigenvalue weighted by Gasteiger charge is -2.41. The largest absolute Gasteiger partial charge is 0.481 e. The summed E-state index contributed by atoms with van der Waals surface area (Å²) < 4.78 is 0. The zero-order valence-electron chi connectivity index (χ0n) is 13.9. The van der Waals surface area contributed by atoms with Crippen LogP contribution in [0.25, 0.3) is 0 Å². The number of hydrogen-bond acceptors (Lipinski definition) is 1. The minimum absolute atomic E-state index is 0.0404. The van der Waals surface area contributed by atoms with Gasteiger partial charge in [0.25, 0.3) is 0 Å². The number of hydrogen-bond donors (Lipinski definition) is 1. The van der Waals surface area contributed by atoms with Crippen molar-refractivity contribution in [3.05, 3.63) is 0 Å². The SMILES string of the molecule is CCCCCCCCC1CCC2CC(C(=O)O)CCC2C1. The summed E-state index contributed by atoms with van der Waals surface area (Å²) in [5.74, 6) is 1.92. The lowest BCUT2D eigenvalue weighted by Crippen LogP contribution is -2.33. The van der Waals surface area contributed by atoms with Gasteiger partial charge in [0.05, 0.1) is 5.92 Å². The molecule has 0 bridgehead atoms. The Morgan fingerprint density at radius 3 is 2.33 bits per heavy atom. The maximum absolute atomic E-state index is 11.1. The number of rotatable bonds is 8. The van der Waals surface area contributed by atoms with E-state index < -0.39 is 5.97 Å². The molecule has 2 saturated carbocycles. The van der Waals surface area contributed by atoms with Crippen LogP contribution in [0.15, 0.2) is 0 Å². The maximum atomic E-state index is 11.1. The molecule has 0 aromatic rings. The lowest BCUT2D eigenvalue weighted by atomic mass is 9.64. The number of carboxylic acids is 1. The van der Waals surface area contributed by atoms with E-state index >= 15 is 0 Å². The summed E-state index contributed by atoms with van der Waals surface area (Å²) in [6, 6.07) is 0. The normalized spacial score (nSPS) is 32.6. The van der Waals surface area contributed by atoms with Gasteiger partial charge in [-0.05, 0) is 49.9 Å². The Bertz CT molecular complexity index is 313. The van der Waals surface area contributed by atoms with Crippen LogP contribution < -0.4 is 0 Å². The first-order valence-electron chi connectivity index (χ1n) is 9.43. The average Bonchev–Trinajstić information content (AvgIpc) is 2.50. The summed E-state index contributed by atoms with van der Waals surface area (Å²) in [5.41, 5.74) is 0. The monoisotopic (exact) mass is 294 g/mol. The number of carbonyl (C=O) groups is 1. The van der Waals surface area contributed by atoms with E-state index in [1.54, 1.807) is 0 Å². The van der Waals surface area contributed by atoms with Gasteiger partial charge in [0, 0.05) is 0 Å². The fraction of sp³-hybridized carbons (Fsp3) is 0.947. The Labute approximate surface area is 130 Å². The minimum Gasteiger partial charge on any atom is -0.481 e. The second-order valence-electron chi connectivity index (χ2n) is 7.60. The molecule has 0 aromatic heterocycles. The summed E-state index contributed by atoms with van der Waals surface area (Å²) in [6.07, 6.45) is 17.0. The summed E-state index contributed by atoms with van der Waals surface area (Å²) in [6.45, 7) is 2.28. The molecule has 0 aliphatic heterocycles. The van der Waals surface area contributed by atoms with Crippen LogP contribution >= 0.6 is 0 Å². The van der Waals surface area contributed by atoms with Gasteiger partial charge in [0.2, 0.25) is 0 Å². The third-order valence-corrected chi connectivity index (χ3v) is 6.04. The van der Waals surface area contributed by atoms with E-state index in [4.69, 9.17) is 0 Å². The van der Waals surface area contributed by atoms with E-state index in [1.807, 2.05) is 0 Å². The standard InChI is InChI=1S/C19H34O2/c1-2-3-4-5-6-7-8-15-9-10-17-14-18(19(20)21)12-11-16(17)13-15/h15-18H,2-14H2,1H3,(H,20,21). The van der Waals surface area contributed by atoms with Gasteiger partial charge in [-0.1, -0.05) is 58.3 Å². The van der Waals surface area contributed by atoms with Crippen molar-refractivity contribution in [2.24, 2.45) is 23.7 Å². The Morgan fingerprint density at radius 2 is 1.57 bits per heavy atom. The molecule has 122 valence electrons. The molecule has 0 heterocycles. The quantitative estimate of drug-likeness (QED) is 0.587. The van der Waals surface area contributed by atoms with Crippen molar-refractivity contribution in [1.29, 1.82) is 0 Å². The molecule has 2 fully saturated rings. The molecule has 1 N–H and O–H groups in total. The molecule has 0 aromatic carbocycles. The highest BCUT2D eigenvalue weighted by Gasteiger charge is 2.37.